The number of hydrogen-bond acceptors (Lipinski definition) is 1. The summed E-state index contributed by atoms with van der Waals surface area (Å²) < 4.78 is 35.6. The van der Waals surface area contributed by atoms with Crippen LogP contribution in [-0.4, -0.2) is 31.2 Å². The van der Waals surface area contributed by atoms with Gasteiger partial charge in [0, 0.05) is 18.9 Å². The van der Waals surface area contributed by atoms with E-state index in [9.17, 15) is 18.0 Å². The lowest BCUT2D eigenvalue weighted by Gasteiger charge is -2.31. The van der Waals surface area contributed by atoms with Crippen LogP contribution in [0.1, 0.15) is 12.8 Å². The van der Waals surface area contributed by atoms with E-state index in [1.165, 1.54) is 0 Å². The summed E-state index contributed by atoms with van der Waals surface area (Å²) >= 11 is 0. The van der Waals surface area contributed by atoms with Crippen molar-refractivity contribution in [2.45, 2.75) is 25.1 Å². The number of amides is 1. The Bertz CT molecular complexity index is 209. The lowest BCUT2D eigenvalue weighted by molar-refractivity contribution is -0.859. The van der Waals surface area contributed by atoms with Gasteiger partial charge in [-0.1, -0.05) is 0 Å². The molecule has 0 bridgehead atoms. The van der Waals surface area contributed by atoms with Gasteiger partial charge in [-0.2, -0.15) is 20.2 Å². The number of likely N-dealkylation sites (tertiary alicyclic amines) is 1. The van der Waals surface area contributed by atoms with Crippen LogP contribution in [0.4, 0.5) is 13.2 Å². The zero-order valence-corrected chi connectivity index (χ0v) is 7.66. The third kappa shape index (κ3) is 3.17. The summed E-state index contributed by atoms with van der Waals surface area (Å²) in [5.41, 5.74) is 0. The van der Waals surface area contributed by atoms with Crippen molar-refractivity contribution in [2.24, 2.45) is 0 Å². The zero-order chi connectivity index (χ0) is 10.8. The third-order valence-electron chi connectivity index (χ3n) is 2.29. The van der Waals surface area contributed by atoms with Gasteiger partial charge in [-0.05, 0) is 0 Å². The van der Waals surface area contributed by atoms with Crippen LogP contribution >= 0.6 is 0 Å². The van der Waals surface area contributed by atoms with Gasteiger partial charge in [-0.3, -0.25) is 4.79 Å². The normalized spacial score (nSPS) is 28.6. The summed E-state index contributed by atoms with van der Waals surface area (Å²) in [4.78, 5) is 11.6. The van der Waals surface area contributed by atoms with Crippen molar-refractivity contribution < 1.29 is 22.9 Å². The van der Waals surface area contributed by atoms with E-state index in [2.05, 4.69) is 7.05 Å². The number of quaternary nitrogens is 1. The van der Waals surface area contributed by atoms with Crippen molar-refractivity contribution in [1.29, 1.82) is 0 Å². The highest BCUT2D eigenvalue weighted by Crippen LogP contribution is 2.15. The zero-order valence-electron chi connectivity index (χ0n) is 7.66. The van der Waals surface area contributed by atoms with Gasteiger partial charge in [0.2, 0.25) is 0 Å². The summed E-state index contributed by atoms with van der Waals surface area (Å²) in [6.45, 7) is 1.39. The first-order valence-electron chi connectivity index (χ1n) is 4.44. The Morgan fingerprint density at radius 2 is 1.86 bits per heavy atom. The van der Waals surface area contributed by atoms with Crippen molar-refractivity contribution in [2.75, 3.05) is 13.1 Å². The second-order valence-corrected chi connectivity index (χ2v) is 3.50. The molecule has 0 aromatic carbocycles. The first kappa shape index (κ1) is 11.3. The number of hydrogen-bond donors (Lipinski definition) is 2. The third-order valence-corrected chi connectivity index (χ3v) is 2.29. The molecule has 0 atom stereocenters. The molecule has 6 heteroatoms. The van der Waals surface area contributed by atoms with Crippen LogP contribution in [0.15, 0.2) is 0 Å². The van der Waals surface area contributed by atoms with Crippen molar-refractivity contribution in [3.63, 3.8) is 0 Å². The molecule has 1 fully saturated rings. The molecule has 1 aliphatic rings. The maximum absolute atomic E-state index is 11.9. The number of halogens is 3. The Morgan fingerprint density at radius 1 is 1.36 bits per heavy atom. The van der Waals surface area contributed by atoms with Gasteiger partial charge in [0.15, 0.2) is 0 Å². The van der Waals surface area contributed by atoms with Crippen LogP contribution in [-0.2, 0) is 4.79 Å². The molecule has 0 spiro atoms. The summed E-state index contributed by atoms with van der Waals surface area (Å²) in [5, 5.41) is 1.97. The Hall–Kier alpha value is -0.780. The molecule has 1 aliphatic heterocycles. The minimum Gasteiger partial charge on any atom is -0.468 e. The van der Waals surface area contributed by atoms with Crippen LogP contribution in [0, 0.1) is 7.05 Å². The second-order valence-electron chi connectivity index (χ2n) is 3.50. The molecule has 1 amide bonds. The topological polar surface area (TPSA) is 33.5 Å². The molecule has 0 aromatic rings. The average molecular weight is 210 g/mol. The number of alkyl halides is 3. The smallest absolute Gasteiger partial charge is 0.468 e. The molecule has 1 saturated heterocycles. The largest absolute Gasteiger partial charge is 0.471 e. The molecule has 0 aromatic heterocycles. The first-order valence-corrected chi connectivity index (χ1v) is 4.44. The lowest BCUT2D eigenvalue weighted by Crippen LogP contribution is -3.08. The summed E-state index contributed by atoms with van der Waals surface area (Å²) in [6.07, 6.45) is -3.66. The molecule has 0 unspecified atom stereocenters. The summed E-state index contributed by atoms with van der Waals surface area (Å²) in [6, 6.07) is -0.352. The van der Waals surface area contributed by atoms with Gasteiger partial charge in [0.1, 0.15) is 0 Å². The SMILES string of the molecule is [CH2-][NH+]1CCC(NC(=O)C(F)(F)F)CC1. The maximum Gasteiger partial charge on any atom is 0.471 e. The van der Waals surface area contributed by atoms with E-state index in [1.807, 2.05) is 5.32 Å². The fourth-order valence-electron chi connectivity index (χ4n) is 1.44. The van der Waals surface area contributed by atoms with Crippen LogP contribution in [0.2, 0.25) is 0 Å². The highest BCUT2D eigenvalue weighted by molar-refractivity contribution is 5.81. The predicted octanol–water partition coefficient (Wildman–Crippen LogP) is -0.496. The van der Waals surface area contributed by atoms with Crippen LogP contribution < -0.4 is 10.2 Å². The number of carbonyl (C=O) groups is 1. The second kappa shape index (κ2) is 4.16. The molecule has 0 radical (unpaired) electrons. The average Bonchev–Trinajstić information content (AvgIpc) is 2.07. The molecular weight excluding hydrogens is 197 g/mol. The monoisotopic (exact) mass is 210 g/mol. The van der Waals surface area contributed by atoms with Gasteiger partial charge in [-0.25, -0.2) is 0 Å². The minimum atomic E-state index is -4.77. The minimum absolute atomic E-state index is 0.352. The van der Waals surface area contributed by atoms with Crippen molar-refractivity contribution in [3.05, 3.63) is 7.05 Å². The Balaban J connectivity index is 2.35. The number of piperidine rings is 1. The van der Waals surface area contributed by atoms with E-state index < -0.39 is 12.1 Å². The molecule has 0 aliphatic carbocycles. The van der Waals surface area contributed by atoms with E-state index >= 15 is 0 Å². The molecule has 1 rings (SSSR count). The molecular formula is C8H13F3N2O. The van der Waals surface area contributed by atoms with E-state index in [4.69, 9.17) is 0 Å². The van der Waals surface area contributed by atoms with Crippen molar-refractivity contribution in [3.8, 4) is 0 Å². The lowest BCUT2D eigenvalue weighted by atomic mass is 10.1. The standard InChI is InChI=1S/C8H13F3N2O/c1-13-4-2-6(3-5-13)12-7(14)8(9,10)11/h6,13H,1-5H2,(H,12,14). The van der Waals surface area contributed by atoms with E-state index in [1.54, 1.807) is 0 Å². The van der Waals surface area contributed by atoms with E-state index in [0.717, 1.165) is 4.90 Å². The van der Waals surface area contributed by atoms with Gasteiger partial charge in [0.25, 0.3) is 0 Å². The summed E-state index contributed by atoms with van der Waals surface area (Å²) in [7, 11) is 3.74. The van der Waals surface area contributed by atoms with Crippen molar-refractivity contribution in [1.82, 2.24) is 5.32 Å². The molecule has 0 saturated carbocycles. The molecule has 82 valence electrons. The van der Waals surface area contributed by atoms with E-state index in [0.29, 0.717) is 25.9 Å². The maximum atomic E-state index is 11.9. The fraction of sp³-hybridized carbons (Fsp3) is 0.750. The molecule has 2 N–H and O–H groups in total. The fourth-order valence-corrected chi connectivity index (χ4v) is 1.44. The number of rotatable bonds is 1. The van der Waals surface area contributed by atoms with Crippen LogP contribution in [0.3, 0.4) is 0 Å². The molecule has 1 heterocycles. The first-order chi connectivity index (χ1) is 6.39. The highest BCUT2D eigenvalue weighted by atomic mass is 19.4. The van der Waals surface area contributed by atoms with Gasteiger partial charge in [0.05, 0.1) is 13.1 Å². The Morgan fingerprint density at radius 3 is 2.29 bits per heavy atom. The molecule has 14 heavy (non-hydrogen) atoms. The van der Waals surface area contributed by atoms with E-state index in [-0.39, 0.29) is 6.04 Å². The number of carbonyl (C=O) groups excluding carboxylic acids is 1. The van der Waals surface area contributed by atoms with Gasteiger partial charge >= 0.3 is 12.1 Å². The Labute approximate surface area is 80.3 Å². The van der Waals surface area contributed by atoms with Crippen molar-refractivity contribution >= 4 is 5.91 Å². The molecule has 3 nitrogen and oxygen atoms in total. The van der Waals surface area contributed by atoms with Crippen LogP contribution in [0.5, 0.6) is 0 Å². The predicted molar refractivity (Wildman–Crippen MR) is 43.3 cm³/mol. The Kier molecular flexibility index (Phi) is 3.36. The highest BCUT2D eigenvalue weighted by Gasteiger charge is 2.39. The quantitative estimate of drug-likeness (QED) is 0.562. The summed E-state index contributed by atoms with van der Waals surface area (Å²) in [5.74, 6) is -1.84. The van der Waals surface area contributed by atoms with Gasteiger partial charge in [-0.15, -0.1) is 0 Å². The van der Waals surface area contributed by atoms with Crippen LogP contribution in [0.25, 0.3) is 0 Å². The van der Waals surface area contributed by atoms with Gasteiger partial charge < -0.3 is 10.2 Å². The number of nitrogens with one attached hydrogen (secondary N) is 2.